The van der Waals surface area contributed by atoms with Crippen molar-refractivity contribution in [3.05, 3.63) is 66.0 Å². The summed E-state index contributed by atoms with van der Waals surface area (Å²) < 4.78 is 0. The molecule has 0 saturated carbocycles. The number of hydrogen-bond donors (Lipinski definition) is 1. The Kier molecular flexibility index (Phi) is 4.81. The fourth-order valence-corrected chi connectivity index (χ4v) is 2.83. The van der Waals surface area contributed by atoms with Gasteiger partial charge in [0, 0.05) is 38.4 Å². The van der Waals surface area contributed by atoms with E-state index in [1.807, 2.05) is 35.2 Å². The average Bonchev–Trinajstić information content (AvgIpc) is 2.98. The SMILES string of the molecule is O=C1CCCN1C[C@@H](NCc1ccncc1)c1ccccc1. The number of carbonyl (C=O) groups is 1. The van der Waals surface area contributed by atoms with Crippen molar-refractivity contribution in [1.29, 1.82) is 0 Å². The van der Waals surface area contributed by atoms with Crippen LogP contribution in [0.1, 0.15) is 30.0 Å². The molecule has 1 saturated heterocycles. The molecule has 3 rings (SSSR count). The molecule has 1 fully saturated rings. The molecule has 0 spiro atoms. The number of carbonyl (C=O) groups excluding carboxylic acids is 1. The lowest BCUT2D eigenvalue weighted by molar-refractivity contribution is -0.128. The van der Waals surface area contributed by atoms with Gasteiger partial charge in [-0.2, -0.15) is 0 Å². The zero-order chi connectivity index (χ0) is 15.2. The molecule has 4 heteroatoms. The first-order chi connectivity index (χ1) is 10.8. The fraction of sp³-hybridized carbons (Fsp3) is 0.333. The quantitative estimate of drug-likeness (QED) is 0.890. The summed E-state index contributed by atoms with van der Waals surface area (Å²) >= 11 is 0. The van der Waals surface area contributed by atoms with Crippen LogP contribution < -0.4 is 5.32 Å². The first-order valence-corrected chi connectivity index (χ1v) is 7.78. The molecule has 0 bridgehead atoms. The summed E-state index contributed by atoms with van der Waals surface area (Å²) in [7, 11) is 0. The molecular weight excluding hydrogens is 274 g/mol. The van der Waals surface area contributed by atoms with Gasteiger partial charge in [-0.25, -0.2) is 0 Å². The smallest absolute Gasteiger partial charge is 0.222 e. The largest absolute Gasteiger partial charge is 0.341 e. The van der Waals surface area contributed by atoms with E-state index in [1.54, 1.807) is 12.4 Å². The van der Waals surface area contributed by atoms with Gasteiger partial charge in [-0.1, -0.05) is 30.3 Å². The second-order valence-electron chi connectivity index (χ2n) is 5.64. The molecular formula is C18H21N3O. The average molecular weight is 295 g/mol. The number of hydrogen-bond acceptors (Lipinski definition) is 3. The molecule has 2 aromatic rings. The van der Waals surface area contributed by atoms with Gasteiger partial charge in [0.25, 0.3) is 0 Å². The fourth-order valence-electron chi connectivity index (χ4n) is 2.83. The Morgan fingerprint density at radius 3 is 2.59 bits per heavy atom. The van der Waals surface area contributed by atoms with E-state index in [0.29, 0.717) is 6.42 Å². The molecule has 2 heterocycles. The zero-order valence-electron chi connectivity index (χ0n) is 12.6. The Morgan fingerprint density at radius 1 is 1.14 bits per heavy atom. The van der Waals surface area contributed by atoms with E-state index in [1.165, 1.54) is 11.1 Å². The van der Waals surface area contributed by atoms with Gasteiger partial charge in [0.2, 0.25) is 5.91 Å². The summed E-state index contributed by atoms with van der Waals surface area (Å²) in [5, 5.41) is 3.58. The van der Waals surface area contributed by atoms with Gasteiger partial charge in [0.05, 0.1) is 6.04 Å². The molecule has 114 valence electrons. The van der Waals surface area contributed by atoms with Crippen molar-refractivity contribution in [3.63, 3.8) is 0 Å². The van der Waals surface area contributed by atoms with Crippen LogP contribution in [-0.4, -0.2) is 28.9 Å². The third-order valence-electron chi connectivity index (χ3n) is 4.08. The van der Waals surface area contributed by atoms with Crippen LogP contribution >= 0.6 is 0 Å². The van der Waals surface area contributed by atoms with Crippen molar-refractivity contribution in [3.8, 4) is 0 Å². The molecule has 1 aromatic heterocycles. The molecule has 1 aliphatic heterocycles. The van der Waals surface area contributed by atoms with Gasteiger partial charge in [-0.3, -0.25) is 9.78 Å². The third-order valence-corrected chi connectivity index (χ3v) is 4.08. The lowest BCUT2D eigenvalue weighted by Crippen LogP contribution is -2.35. The minimum Gasteiger partial charge on any atom is -0.341 e. The number of likely N-dealkylation sites (tertiary alicyclic amines) is 1. The Hall–Kier alpha value is -2.20. The Labute approximate surface area is 131 Å². The van der Waals surface area contributed by atoms with Crippen molar-refractivity contribution in [2.24, 2.45) is 0 Å². The molecule has 1 aliphatic rings. The summed E-state index contributed by atoms with van der Waals surface area (Å²) in [4.78, 5) is 17.9. The number of nitrogens with one attached hydrogen (secondary N) is 1. The topological polar surface area (TPSA) is 45.2 Å². The number of pyridine rings is 1. The van der Waals surface area contributed by atoms with Gasteiger partial charge in [-0.05, 0) is 29.7 Å². The van der Waals surface area contributed by atoms with Crippen LogP contribution in [0.25, 0.3) is 0 Å². The highest BCUT2D eigenvalue weighted by Crippen LogP contribution is 2.19. The van der Waals surface area contributed by atoms with E-state index in [2.05, 4.69) is 22.4 Å². The summed E-state index contributed by atoms with van der Waals surface area (Å²) in [5.41, 5.74) is 2.42. The first kappa shape index (κ1) is 14.7. The Balaban J connectivity index is 1.70. The second-order valence-corrected chi connectivity index (χ2v) is 5.64. The van der Waals surface area contributed by atoms with Crippen molar-refractivity contribution in [2.45, 2.75) is 25.4 Å². The molecule has 22 heavy (non-hydrogen) atoms. The molecule has 1 atom stereocenters. The molecule has 4 nitrogen and oxygen atoms in total. The predicted molar refractivity (Wildman–Crippen MR) is 86.1 cm³/mol. The summed E-state index contributed by atoms with van der Waals surface area (Å²) in [6.45, 7) is 2.37. The lowest BCUT2D eigenvalue weighted by atomic mass is 10.1. The zero-order valence-corrected chi connectivity index (χ0v) is 12.6. The maximum Gasteiger partial charge on any atom is 0.222 e. The van der Waals surface area contributed by atoms with Crippen molar-refractivity contribution in [1.82, 2.24) is 15.2 Å². The highest BCUT2D eigenvalue weighted by atomic mass is 16.2. The minimum absolute atomic E-state index is 0.149. The van der Waals surface area contributed by atoms with Crippen molar-refractivity contribution in [2.75, 3.05) is 13.1 Å². The Bertz CT molecular complexity index is 600. The van der Waals surface area contributed by atoms with Gasteiger partial charge < -0.3 is 10.2 Å². The van der Waals surface area contributed by atoms with E-state index >= 15 is 0 Å². The standard InChI is InChI=1S/C18H21N3O/c22-18-7-4-12-21(18)14-17(16-5-2-1-3-6-16)20-13-15-8-10-19-11-9-15/h1-3,5-6,8-11,17,20H,4,7,12-14H2/t17-/m1/s1. The number of amides is 1. The number of rotatable bonds is 6. The number of nitrogens with zero attached hydrogens (tertiary/aromatic N) is 2. The van der Waals surface area contributed by atoms with Crippen LogP contribution in [-0.2, 0) is 11.3 Å². The minimum atomic E-state index is 0.149. The van der Waals surface area contributed by atoms with Crippen LogP contribution in [0.4, 0.5) is 0 Å². The van der Waals surface area contributed by atoms with Crippen LogP contribution in [0.3, 0.4) is 0 Å². The van der Waals surface area contributed by atoms with Crippen molar-refractivity contribution >= 4 is 5.91 Å². The van der Waals surface area contributed by atoms with Gasteiger partial charge in [-0.15, -0.1) is 0 Å². The summed E-state index contributed by atoms with van der Waals surface area (Å²) in [6.07, 6.45) is 5.27. The van der Waals surface area contributed by atoms with Gasteiger partial charge >= 0.3 is 0 Å². The van der Waals surface area contributed by atoms with Crippen molar-refractivity contribution < 1.29 is 4.79 Å². The Morgan fingerprint density at radius 2 is 1.91 bits per heavy atom. The predicted octanol–water partition coefficient (Wildman–Crippen LogP) is 2.53. The van der Waals surface area contributed by atoms with Gasteiger partial charge in [0.1, 0.15) is 0 Å². The summed E-state index contributed by atoms with van der Waals surface area (Å²) in [6, 6.07) is 14.5. The maximum atomic E-state index is 11.9. The van der Waals surface area contributed by atoms with Gasteiger partial charge in [0.15, 0.2) is 0 Å². The van der Waals surface area contributed by atoms with Crippen LogP contribution in [0.2, 0.25) is 0 Å². The van der Waals surface area contributed by atoms with Crippen LogP contribution in [0.15, 0.2) is 54.9 Å². The normalized spacial score (nSPS) is 16.0. The lowest BCUT2D eigenvalue weighted by Gasteiger charge is -2.25. The highest BCUT2D eigenvalue weighted by molar-refractivity contribution is 5.78. The first-order valence-electron chi connectivity index (χ1n) is 7.78. The second kappa shape index (κ2) is 7.18. The maximum absolute atomic E-state index is 11.9. The van der Waals surface area contributed by atoms with E-state index < -0.39 is 0 Å². The monoisotopic (exact) mass is 295 g/mol. The molecule has 0 aliphatic carbocycles. The molecule has 1 amide bonds. The molecule has 1 N–H and O–H groups in total. The number of benzene rings is 1. The highest BCUT2D eigenvalue weighted by Gasteiger charge is 2.24. The molecule has 0 radical (unpaired) electrons. The van der Waals surface area contributed by atoms with Crippen LogP contribution in [0.5, 0.6) is 0 Å². The molecule has 1 aromatic carbocycles. The van der Waals surface area contributed by atoms with Crippen LogP contribution in [0, 0.1) is 0 Å². The van der Waals surface area contributed by atoms with E-state index in [9.17, 15) is 4.79 Å². The summed E-state index contributed by atoms with van der Waals surface area (Å²) in [5.74, 6) is 0.270. The van der Waals surface area contributed by atoms with E-state index in [4.69, 9.17) is 0 Å². The third kappa shape index (κ3) is 3.71. The van der Waals surface area contributed by atoms with E-state index in [0.717, 1.165) is 26.1 Å². The molecule has 0 unspecified atom stereocenters. The van der Waals surface area contributed by atoms with E-state index in [-0.39, 0.29) is 11.9 Å². The number of aromatic nitrogens is 1.